The van der Waals surface area contributed by atoms with Crippen LogP contribution in [0.5, 0.6) is 5.75 Å². The fourth-order valence-electron chi connectivity index (χ4n) is 2.59. The maximum atomic E-state index is 12.4. The van der Waals surface area contributed by atoms with E-state index < -0.39 is 11.5 Å². The van der Waals surface area contributed by atoms with Crippen LogP contribution in [0.4, 0.5) is 0 Å². The van der Waals surface area contributed by atoms with Gasteiger partial charge in [-0.2, -0.15) is 0 Å². The first-order chi connectivity index (χ1) is 11.1. The van der Waals surface area contributed by atoms with Crippen molar-refractivity contribution in [3.63, 3.8) is 0 Å². The highest BCUT2D eigenvalue weighted by atomic mass is 16.5. The molecule has 0 aliphatic carbocycles. The summed E-state index contributed by atoms with van der Waals surface area (Å²) < 4.78 is 6.50. The van der Waals surface area contributed by atoms with Crippen LogP contribution in [0.1, 0.15) is 15.9 Å². The van der Waals surface area contributed by atoms with E-state index in [0.717, 1.165) is 22.5 Å². The SMILES string of the molecule is C=CCc1cn2c(=O)c(C(=O)O)cnc2c2cc(OC)ccc12. The summed E-state index contributed by atoms with van der Waals surface area (Å²) in [7, 11) is 1.55. The van der Waals surface area contributed by atoms with Crippen LogP contribution in [0.15, 0.2) is 48.0 Å². The van der Waals surface area contributed by atoms with Crippen LogP contribution in [0.3, 0.4) is 0 Å². The number of pyridine rings is 1. The minimum absolute atomic E-state index is 0.366. The van der Waals surface area contributed by atoms with Gasteiger partial charge in [-0.3, -0.25) is 9.20 Å². The lowest BCUT2D eigenvalue weighted by Crippen LogP contribution is -2.23. The fraction of sp³-hybridized carbons (Fsp3) is 0.118. The van der Waals surface area contributed by atoms with Crippen LogP contribution in [0.2, 0.25) is 0 Å². The van der Waals surface area contributed by atoms with E-state index in [1.54, 1.807) is 25.4 Å². The average Bonchev–Trinajstić information content (AvgIpc) is 2.55. The van der Waals surface area contributed by atoms with Gasteiger partial charge >= 0.3 is 5.97 Å². The average molecular weight is 310 g/mol. The number of methoxy groups -OCH3 is 1. The van der Waals surface area contributed by atoms with E-state index in [1.165, 1.54) is 4.40 Å². The summed E-state index contributed by atoms with van der Waals surface area (Å²) >= 11 is 0. The number of hydrogen-bond acceptors (Lipinski definition) is 4. The minimum Gasteiger partial charge on any atom is -0.497 e. The Morgan fingerprint density at radius 2 is 2.22 bits per heavy atom. The number of benzene rings is 1. The molecule has 6 heteroatoms. The van der Waals surface area contributed by atoms with Gasteiger partial charge in [0.2, 0.25) is 0 Å². The van der Waals surface area contributed by atoms with Crippen LogP contribution in [-0.2, 0) is 6.42 Å². The molecule has 0 atom stereocenters. The van der Waals surface area contributed by atoms with E-state index in [-0.39, 0.29) is 5.56 Å². The topological polar surface area (TPSA) is 80.9 Å². The Morgan fingerprint density at radius 1 is 1.43 bits per heavy atom. The number of carboxylic acids is 1. The van der Waals surface area contributed by atoms with Crippen molar-refractivity contribution >= 4 is 22.4 Å². The molecule has 0 fully saturated rings. The quantitative estimate of drug-likeness (QED) is 0.590. The third kappa shape index (κ3) is 2.34. The normalized spacial score (nSPS) is 10.8. The van der Waals surface area contributed by atoms with Crippen molar-refractivity contribution in [1.82, 2.24) is 9.38 Å². The van der Waals surface area contributed by atoms with Crippen molar-refractivity contribution in [1.29, 1.82) is 0 Å². The first-order valence-electron chi connectivity index (χ1n) is 6.92. The summed E-state index contributed by atoms with van der Waals surface area (Å²) in [5.41, 5.74) is 0.269. The molecule has 0 aliphatic rings. The molecule has 0 saturated heterocycles. The third-order valence-electron chi connectivity index (χ3n) is 3.69. The van der Waals surface area contributed by atoms with Crippen molar-refractivity contribution < 1.29 is 14.6 Å². The standard InChI is InChI=1S/C17H14N2O4/c1-3-4-10-9-19-15(18-8-14(16(19)20)17(21)22)13-7-11(23-2)5-6-12(10)13/h3,5-9H,1,4H2,2H3,(H,21,22). The predicted octanol–water partition coefficient (Wildman–Crippen LogP) is 2.28. The summed E-state index contributed by atoms with van der Waals surface area (Å²) in [6, 6.07) is 5.50. The molecule has 3 aromatic rings. The van der Waals surface area contributed by atoms with Gasteiger partial charge in [0.15, 0.2) is 0 Å². The van der Waals surface area contributed by atoms with Gasteiger partial charge in [-0.15, -0.1) is 6.58 Å². The van der Waals surface area contributed by atoms with Gasteiger partial charge in [-0.05, 0) is 29.5 Å². The van der Waals surface area contributed by atoms with Crippen LogP contribution >= 0.6 is 0 Å². The molecule has 1 aromatic carbocycles. The molecule has 2 heterocycles. The number of carbonyl (C=O) groups is 1. The third-order valence-corrected chi connectivity index (χ3v) is 3.69. The lowest BCUT2D eigenvalue weighted by atomic mass is 10.0. The van der Waals surface area contributed by atoms with Gasteiger partial charge in [-0.1, -0.05) is 12.1 Å². The number of aromatic nitrogens is 2. The number of rotatable bonds is 4. The molecule has 0 aliphatic heterocycles. The Hall–Kier alpha value is -3.15. The number of ether oxygens (including phenoxy) is 1. The molecule has 2 aromatic heterocycles. The molecule has 3 rings (SSSR count). The summed E-state index contributed by atoms with van der Waals surface area (Å²) in [6.45, 7) is 3.72. The smallest absolute Gasteiger partial charge is 0.342 e. The van der Waals surface area contributed by atoms with E-state index >= 15 is 0 Å². The maximum absolute atomic E-state index is 12.4. The lowest BCUT2D eigenvalue weighted by molar-refractivity contribution is 0.0694. The van der Waals surface area contributed by atoms with Crippen molar-refractivity contribution in [2.75, 3.05) is 7.11 Å². The molecule has 0 radical (unpaired) electrons. The number of fused-ring (bicyclic) bond motifs is 3. The monoisotopic (exact) mass is 310 g/mol. The number of aromatic carboxylic acids is 1. The Labute approximate surface area is 131 Å². The van der Waals surface area contributed by atoms with Gasteiger partial charge in [0.1, 0.15) is 17.0 Å². The van der Waals surface area contributed by atoms with Crippen molar-refractivity contribution in [3.05, 3.63) is 64.7 Å². The van der Waals surface area contributed by atoms with E-state index in [2.05, 4.69) is 11.6 Å². The Balaban J connectivity index is 2.50. The number of hydrogen-bond donors (Lipinski definition) is 1. The summed E-state index contributed by atoms with van der Waals surface area (Å²) in [5.74, 6) is -0.667. The van der Waals surface area contributed by atoms with E-state index in [0.29, 0.717) is 17.8 Å². The molecule has 6 nitrogen and oxygen atoms in total. The number of carboxylic acid groups (broad SMARTS) is 1. The predicted molar refractivity (Wildman–Crippen MR) is 86.4 cm³/mol. The number of nitrogens with zero attached hydrogens (tertiary/aromatic N) is 2. The van der Waals surface area contributed by atoms with E-state index in [4.69, 9.17) is 9.84 Å². The first kappa shape index (κ1) is 14.8. The van der Waals surface area contributed by atoms with Gasteiger partial charge in [-0.25, -0.2) is 9.78 Å². The molecule has 0 spiro atoms. The summed E-state index contributed by atoms with van der Waals surface area (Å²) in [5, 5.41) is 10.7. The van der Waals surface area contributed by atoms with Crippen LogP contribution in [0, 0.1) is 0 Å². The molecule has 0 bridgehead atoms. The zero-order valence-corrected chi connectivity index (χ0v) is 12.4. The maximum Gasteiger partial charge on any atom is 0.342 e. The second-order valence-electron chi connectivity index (χ2n) is 5.03. The molecule has 23 heavy (non-hydrogen) atoms. The molecule has 0 saturated carbocycles. The lowest BCUT2D eigenvalue weighted by Gasteiger charge is -2.11. The fourth-order valence-corrected chi connectivity index (χ4v) is 2.59. The minimum atomic E-state index is -1.30. The first-order valence-corrected chi connectivity index (χ1v) is 6.92. The summed E-state index contributed by atoms with van der Waals surface area (Å²) in [6.07, 6.45) is 4.98. The highest BCUT2D eigenvalue weighted by Gasteiger charge is 2.15. The number of allylic oxidation sites excluding steroid dienone is 1. The molecule has 0 amide bonds. The van der Waals surface area contributed by atoms with Gasteiger partial charge in [0, 0.05) is 17.8 Å². The van der Waals surface area contributed by atoms with E-state index in [9.17, 15) is 9.59 Å². The second kappa shape index (κ2) is 5.57. The van der Waals surface area contributed by atoms with Gasteiger partial charge < -0.3 is 9.84 Å². The van der Waals surface area contributed by atoms with Crippen LogP contribution < -0.4 is 10.3 Å². The van der Waals surface area contributed by atoms with Crippen molar-refractivity contribution in [2.45, 2.75) is 6.42 Å². The largest absolute Gasteiger partial charge is 0.497 e. The molecular formula is C17H14N2O4. The van der Waals surface area contributed by atoms with Crippen molar-refractivity contribution in [3.8, 4) is 5.75 Å². The Kier molecular flexibility index (Phi) is 3.57. The molecule has 0 unspecified atom stereocenters. The van der Waals surface area contributed by atoms with Crippen LogP contribution in [0.25, 0.3) is 16.4 Å². The van der Waals surface area contributed by atoms with Crippen molar-refractivity contribution in [2.24, 2.45) is 0 Å². The van der Waals surface area contributed by atoms with Gasteiger partial charge in [0.25, 0.3) is 5.56 Å². The Morgan fingerprint density at radius 3 is 2.87 bits per heavy atom. The Bertz CT molecular complexity index is 1000. The highest BCUT2D eigenvalue weighted by Crippen LogP contribution is 2.27. The summed E-state index contributed by atoms with van der Waals surface area (Å²) in [4.78, 5) is 27.7. The van der Waals surface area contributed by atoms with Crippen LogP contribution in [-0.4, -0.2) is 27.6 Å². The van der Waals surface area contributed by atoms with E-state index in [1.807, 2.05) is 12.1 Å². The highest BCUT2D eigenvalue weighted by molar-refractivity contribution is 5.97. The molecular weight excluding hydrogens is 296 g/mol. The molecule has 1 N–H and O–H groups in total. The van der Waals surface area contributed by atoms with Gasteiger partial charge in [0.05, 0.1) is 7.11 Å². The zero-order valence-electron chi connectivity index (χ0n) is 12.4. The second-order valence-corrected chi connectivity index (χ2v) is 5.03. The molecule has 116 valence electrons. The zero-order chi connectivity index (χ0) is 16.6.